The number of aromatic amines is 1. The molecule has 0 bridgehead atoms. The Balaban J connectivity index is 1.60. The van der Waals surface area contributed by atoms with Gasteiger partial charge in [-0.15, -0.1) is 0 Å². The fraction of sp³-hybridized carbons (Fsp3) is 0.310. The lowest BCUT2D eigenvalue weighted by atomic mass is 9.99. The van der Waals surface area contributed by atoms with Gasteiger partial charge in [0, 0.05) is 29.7 Å². The van der Waals surface area contributed by atoms with Gasteiger partial charge in [-0.3, -0.25) is 4.90 Å². The molecule has 0 saturated heterocycles. The van der Waals surface area contributed by atoms with Crippen LogP contribution in [0.3, 0.4) is 0 Å². The molecule has 0 saturated carbocycles. The van der Waals surface area contributed by atoms with E-state index in [1.54, 1.807) is 0 Å². The Morgan fingerprint density at radius 3 is 2.18 bits per heavy atom. The number of rotatable bonds is 9. The van der Waals surface area contributed by atoms with E-state index in [0.29, 0.717) is 24.6 Å². The zero-order valence-electron chi connectivity index (χ0n) is 20.2. The van der Waals surface area contributed by atoms with Crippen molar-refractivity contribution in [2.24, 2.45) is 0 Å². The Hall–Kier alpha value is -3.12. The summed E-state index contributed by atoms with van der Waals surface area (Å²) in [6, 6.07) is 26.1. The molecule has 1 atom stereocenters. The molecule has 34 heavy (non-hydrogen) atoms. The molecule has 178 valence electrons. The fourth-order valence-electron chi connectivity index (χ4n) is 4.19. The minimum absolute atomic E-state index is 0.107. The van der Waals surface area contributed by atoms with E-state index in [9.17, 15) is 10.2 Å². The largest absolute Gasteiger partial charge is 0.487 e. The number of hydrogen-bond acceptors (Lipinski definition) is 4. The van der Waals surface area contributed by atoms with Crippen molar-refractivity contribution in [1.29, 1.82) is 0 Å². The van der Waals surface area contributed by atoms with Crippen LogP contribution in [-0.2, 0) is 19.8 Å². The van der Waals surface area contributed by atoms with E-state index >= 15 is 0 Å². The smallest absolute Gasteiger partial charge is 0.143 e. The maximum atomic E-state index is 11.4. The third-order valence-electron chi connectivity index (χ3n) is 6.17. The third-order valence-corrected chi connectivity index (χ3v) is 6.17. The number of aliphatic hydroxyl groups excluding tert-OH is 2. The van der Waals surface area contributed by atoms with Crippen molar-refractivity contribution in [3.8, 4) is 5.75 Å². The second-order valence-electron chi connectivity index (χ2n) is 9.72. The van der Waals surface area contributed by atoms with Crippen LogP contribution < -0.4 is 4.74 Å². The van der Waals surface area contributed by atoms with E-state index in [1.807, 2.05) is 66.7 Å². The highest BCUT2D eigenvalue weighted by atomic mass is 16.5. The number of ether oxygens (including phenoxy) is 1. The standard InChI is InChI=1S/C29H34N2O3/c1-29(2,3)31(17-21-10-6-4-7-11-21)18-26(33)24-14-15-27(28-25(24)16-23(19-32)30-28)34-20-22-12-8-5-9-13-22/h4-16,26,30,32-33H,17-20H2,1-3H3. The van der Waals surface area contributed by atoms with Crippen LogP contribution in [0, 0.1) is 0 Å². The minimum atomic E-state index is -0.698. The number of benzene rings is 3. The lowest BCUT2D eigenvalue weighted by molar-refractivity contribution is 0.0529. The first-order valence-electron chi connectivity index (χ1n) is 11.7. The van der Waals surface area contributed by atoms with Crippen molar-refractivity contribution >= 4 is 10.9 Å². The maximum Gasteiger partial charge on any atom is 0.143 e. The predicted octanol–water partition coefficient (Wildman–Crippen LogP) is 5.57. The molecule has 4 rings (SSSR count). The molecule has 0 aliphatic rings. The van der Waals surface area contributed by atoms with Gasteiger partial charge in [-0.1, -0.05) is 66.7 Å². The second kappa shape index (κ2) is 10.4. The molecule has 0 aliphatic heterocycles. The van der Waals surface area contributed by atoms with Gasteiger partial charge < -0.3 is 19.9 Å². The molecule has 0 spiro atoms. The molecule has 0 radical (unpaired) electrons. The van der Waals surface area contributed by atoms with Crippen LogP contribution in [0.2, 0.25) is 0 Å². The summed E-state index contributed by atoms with van der Waals surface area (Å²) in [4.78, 5) is 5.56. The Kier molecular flexibility index (Phi) is 7.37. The molecule has 4 aromatic rings. The summed E-state index contributed by atoms with van der Waals surface area (Å²) >= 11 is 0. The van der Waals surface area contributed by atoms with Crippen molar-refractivity contribution in [3.05, 3.63) is 101 Å². The van der Waals surface area contributed by atoms with Gasteiger partial charge in [0.05, 0.1) is 18.2 Å². The van der Waals surface area contributed by atoms with Crippen molar-refractivity contribution in [2.45, 2.75) is 52.2 Å². The lowest BCUT2D eigenvalue weighted by Gasteiger charge is -2.37. The molecule has 0 amide bonds. The molecule has 5 heteroatoms. The number of β-amino-alcohol motifs (C(OH)–C–C–N with tert-alkyl or cyclic N) is 1. The van der Waals surface area contributed by atoms with E-state index in [2.05, 4.69) is 42.8 Å². The zero-order chi connectivity index (χ0) is 24.1. The van der Waals surface area contributed by atoms with Crippen molar-refractivity contribution < 1.29 is 14.9 Å². The number of fused-ring (bicyclic) bond motifs is 1. The van der Waals surface area contributed by atoms with E-state index in [1.165, 1.54) is 5.56 Å². The molecular formula is C29H34N2O3. The molecule has 0 aliphatic carbocycles. The highest BCUT2D eigenvalue weighted by Crippen LogP contribution is 2.34. The first kappa shape index (κ1) is 24.0. The normalized spacial score (nSPS) is 12.9. The first-order chi connectivity index (χ1) is 16.3. The van der Waals surface area contributed by atoms with Crippen LogP contribution in [0.4, 0.5) is 0 Å². The monoisotopic (exact) mass is 458 g/mol. The summed E-state index contributed by atoms with van der Waals surface area (Å²) in [7, 11) is 0. The number of aromatic nitrogens is 1. The van der Waals surface area contributed by atoms with Crippen LogP contribution >= 0.6 is 0 Å². The minimum Gasteiger partial charge on any atom is -0.487 e. The van der Waals surface area contributed by atoms with Gasteiger partial charge in [0.2, 0.25) is 0 Å². The Morgan fingerprint density at radius 2 is 1.56 bits per heavy atom. The number of aliphatic hydroxyl groups is 2. The quantitative estimate of drug-likeness (QED) is 0.307. The Labute approximate surface area is 201 Å². The van der Waals surface area contributed by atoms with E-state index < -0.39 is 6.10 Å². The van der Waals surface area contributed by atoms with Gasteiger partial charge in [0.25, 0.3) is 0 Å². The second-order valence-corrected chi connectivity index (χ2v) is 9.72. The van der Waals surface area contributed by atoms with Crippen molar-refractivity contribution in [2.75, 3.05) is 6.54 Å². The number of nitrogens with zero attached hydrogens (tertiary/aromatic N) is 1. The molecule has 5 nitrogen and oxygen atoms in total. The van der Waals surface area contributed by atoms with Gasteiger partial charge in [-0.25, -0.2) is 0 Å². The summed E-state index contributed by atoms with van der Waals surface area (Å²) in [6.07, 6.45) is -0.698. The molecule has 1 unspecified atom stereocenters. The van der Waals surface area contributed by atoms with Crippen molar-refractivity contribution in [1.82, 2.24) is 9.88 Å². The number of H-pyrrole nitrogens is 1. The summed E-state index contributed by atoms with van der Waals surface area (Å²) < 4.78 is 6.11. The van der Waals surface area contributed by atoms with Gasteiger partial charge >= 0.3 is 0 Å². The van der Waals surface area contributed by atoms with Crippen LogP contribution in [0.5, 0.6) is 5.75 Å². The van der Waals surface area contributed by atoms with Crippen LogP contribution in [0.25, 0.3) is 10.9 Å². The Morgan fingerprint density at radius 1 is 0.912 bits per heavy atom. The van der Waals surface area contributed by atoms with E-state index in [-0.39, 0.29) is 12.1 Å². The Bertz CT molecular complexity index is 1200. The first-order valence-corrected chi connectivity index (χ1v) is 11.7. The molecular weight excluding hydrogens is 424 g/mol. The van der Waals surface area contributed by atoms with E-state index in [0.717, 1.165) is 28.6 Å². The van der Waals surface area contributed by atoms with Crippen LogP contribution in [0.15, 0.2) is 78.9 Å². The highest BCUT2D eigenvalue weighted by Gasteiger charge is 2.26. The van der Waals surface area contributed by atoms with Crippen LogP contribution in [0.1, 0.15) is 49.3 Å². The summed E-state index contributed by atoms with van der Waals surface area (Å²) in [6.45, 7) is 8.07. The zero-order valence-corrected chi connectivity index (χ0v) is 20.2. The van der Waals surface area contributed by atoms with Gasteiger partial charge in [0.15, 0.2) is 0 Å². The average Bonchev–Trinajstić information content (AvgIpc) is 3.27. The summed E-state index contributed by atoms with van der Waals surface area (Å²) in [5.41, 5.74) is 4.47. The molecule has 0 fully saturated rings. The molecule has 3 aromatic carbocycles. The van der Waals surface area contributed by atoms with Gasteiger partial charge in [0.1, 0.15) is 12.4 Å². The van der Waals surface area contributed by atoms with Gasteiger partial charge in [-0.2, -0.15) is 0 Å². The summed E-state index contributed by atoms with van der Waals surface area (Å²) in [5.74, 6) is 0.700. The highest BCUT2D eigenvalue weighted by molar-refractivity contribution is 5.89. The SMILES string of the molecule is CC(C)(C)N(Cc1ccccc1)CC(O)c1ccc(OCc2ccccc2)c2[nH]c(CO)cc12. The fourth-order valence-corrected chi connectivity index (χ4v) is 4.19. The average molecular weight is 459 g/mol. The van der Waals surface area contributed by atoms with Crippen LogP contribution in [-0.4, -0.2) is 32.2 Å². The number of nitrogens with one attached hydrogen (secondary N) is 1. The number of hydrogen-bond donors (Lipinski definition) is 3. The predicted molar refractivity (Wildman–Crippen MR) is 137 cm³/mol. The topological polar surface area (TPSA) is 68.7 Å². The summed E-state index contributed by atoms with van der Waals surface area (Å²) in [5, 5.41) is 22.0. The maximum absolute atomic E-state index is 11.4. The third kappa shape index (κ3) is 5.68. The lowest BCUT2D eigenvalue weighted by Crippen LogP contribution is -2.43. The molecule has 1 heterocycles. The van der Waals surface area contributed by atoms with E-state index in [4.69, 9.17) is 4.74 Å². The van der Waals surface area contributed by atoms with Crippen molar-refractivity contribution in [3.63, 3.8) is 0 Å². The molecule has 1 aromatic heterocycles. The van der Waals surface area contributed by atoms with Gasteiger partial charge in [-0.05, 0) is 49.6 Å². The molecule has 3 N–H and O–H groups in total.